The van der Waals surface area contributed by atoms with Crippen LogP contribution in [-0.4, -0.2) is 11.3 Å². The lowest BCUT2D eigenvalue weighted by molar-refractivity contribution is -0.118. The molecule has 0 spiro atoms. The molecule has 1 aromatic rings. The zero-order chi connectivity index (χ0) is 9.68. The Balaban J connectivity index is 2.55. The van der Waals surface area contributed by atoms with E-state index in [1.807, 2.05) is 30.3 Å². The second kappa shape index (κ2) is 5.25. The first-order valence-corrected chi connectivity index (χ1v) is 5.05. The van der Waals surface area contributed by atoms with Gasteiger partial charge in [0.2, 0.25) is 5.91 Å². The summed E-state index contributed by atoms with van der Waals surface area (Å²) < 4.78 is 2.33. The topological polar surface area (TPSA) is 29.1 Å². The van der Waals surface area contributed by atoms with E-state index in [0.717, 1.165) is 5.56 Å². The molecule has 1 amide bonds. The third kappa shape index (κ3) is 3.36. The van der Waals surface area contributed by atoms with Gasteiger partial charge in [-0.3, -0.25) is 9.14 Å². The Labute approximate surface area is 90.6 Å². The number of hydrogen-bond acceptors (Lipinski definition) is 1. The molecule has 4 heteroatoms. The largest absolute Gasteiger partial charge is 0.291 e. The Kier molecular flexibility index (Phi) is 4.25. The smallest absolute Gasteiger partial charge is 0.248 e. The number of carbonyl (C=O) groups is 1. The van der Waals surface area contributed by atoms with Crippen LogP contribution in [0.3, 0.4) is 0 Å². The number of carbonyl (C=O) groups excluding carboxylic acids is 1. The number of rotatable bonds is 3. The first-order valence-electron chi connectivity index (χ1n) is 3.82. The molecule has 0 fully saturated rings. The molecular weight excluding hydrogens is 253 g/mol. The van der Waals surface area contributed by atoms with E-state index < -0.39 is 5.38 Å². The standard InChI is InChI=1S/C9H9BrClNO/c10-12-9(13)8(11)6-7-4-2-1-3-5-7/h1-5,8H,6H2,(H,12,13). The van der Waals surface area contributed by atoms with Crippen LogP contribution in [0.2, 0.25) is 0 Å². The number of alkyl halides is 1. The van der Waals surface area contributed by atoms with E-state index in [1.54, 1.807) is 0 Å². The molecule has 0 aliphatic heterocycles. The van der Waals surface area contributed by atoms with Crippen LogP contribution in [-0.2, 0) is 11.2 Å². The van der Waals surface area contributed by atoms with E-state index in [1.165, 1.54) is 0 Å². The predicted molar refractivity (Wildman–Crippen MR) is 56.9 cm³/mol. The van der Waals surface area contributed by atoms with Crippen LogP contribution in [0.15, 0.2) is 30.3 Å². The third-order valence-corrected chi connectivity index (χ3v) is 2.38. The van der Waals surface area contributed by atoms with Gasteiger partial charge >= 0.3 is 0 Å². The van der Waals surface area contributed by atoms with Crippen molar-refractivity contribution in [3.05, 3.63) is 35.9 Å². The van der Waals surface area contributed by atoms with Gasteiger partial charge in [0.15, 0.2) is 0 Å². The van der Waals surface area contributed by atoms with Gasteiger partial charge in [-0.1, -0.05) is 30.3 Å². The zero-order valence-electron chi connectivity index (χ0n) is 6.84. The zero-order valence-corrected chi connectivity index (χ0v) is 9.18. The molecule has 1 N–H and O–H groups in total. The summed E-state index contributed by atoms with van der Waals surface area (Å²) in [4.78, 5) is 11.0. The molecule has 0 saturated carbocycles. The van der Waals surface area contributed by atoms with Crippen molar-refractivity contribution >= 4 is 33.7 Å². The van der Waals surface area contributed by atoms with Gasteiger partial charge in [0, 0.05) is 16.1 Å². The lowest BCUT2D eigenvalue weighted by Gasteiger charge is -2.06. The number of benzene rings is 1. The average molecular weight is 263 g/mol. The van der Waals surface area contributed by atoms with E-state index in [4.69, 9.17) is 11.6 Å². The second-order valence-corrected chi connectivity index (χ2v) is 3.54. The van der Waals surface area contributed by atoms with E-state index in [0.29, 0.717) is 6.42 Å². The SMILES string of the molecule is O=C(NBr)C(Cl)Cc1ccccc1. The molecule has 0 radical (unpaired) electrons. The fourth-order valence-electron chi connectivity index (χ4n) is 0.973. The van der Waals surface area contributed by atoms with Crippen LogP contribution >= 0.6 is 27.7 Å². The Hall–Kier alpha value is -0.540. The summed E-state index contributed by atoms with van der Waals surface area (Å²) >= 11 is 8.67. The Morgan fingerprint density at radius 3 is 2.62 bits per heavy atom. The van der Waals surface area contributed by atoms with Crippen molar-refractivity contribution < 1.29 is 4.79 Å². The normalized spacial score (nSPS) is 12.2. The quantitative estimate of drug-likeness (QED) is 0.657. The molecule has 1 atom stereocenters. The Morgan fingerprint density at radius 2 is 2.08 bits per heavy atom. The van der Waals surface area contributed by atoms with E-state index in [2.05, 4.69) is 20.5 Å². The number of halogens is 2. The third-order valence-electron chi connectivity index (χ3n) is 1.64. The molecule has 1 aromatic carbocycles. The van der Waals surface area contributed by atoms with Gasteiger partial charge in [0.05, 0.1) is 0 Å². The molecule has 13 heavy (non-hydrogen) atoms. The first-order chi connectivity index (χ1) is 6.24. The summed E-state index contributed by atoms with van der Waals surface area (Å²) in [6.07, 6.45) is 0.541. The highest BCUT2D eigenvalue weighted by atomic mass is 79.9. The van der Waals surface area contributed by atoms with Crippen molar-refractivity contribution in [2.75, 3.05) is 0 Å². The minimum Gasteiger partial charge on any atom is -0.291 e. The van der Waals surface area contributed by atoms with Gasteiger partial charge in [-0.15, -0.1) is 11.6 Å². The molecule has 0 bridgehead atoms. The van der Waals surface area contributed by atoms with Crippen LogP contribution < -0.4 is 4.34 Å². The maximum absolute atomic E-state index is 11.0. The molecule has 0 aliphatic carbocycles. The summed E-state index contributed by atoms with van der Waals surface area (Å²) in [6.45, 7) is 0. The fourth-order valence-corrected chi connectivity index (χ4v) is 1.61. The fraction of sp³-hybridized carbons (Fsp3) is 0.222. The molecular formula is C9H9BrClNO. The maximum atomic E-state index is 11.0. The molecule has 2 nitrogen and oxygen atoms in total. The molecule has 0 aromatic heterocycles. The Bertz CT molecular complexity index is 278. The summed E-state index contributed by atoms with van der Waals surface area (Å²) in [6, 6.07) is 9.65. The summed E-state index contributed by atoms with van der Waals surface area (Å²) in [5, 5.41) is -0.526. The van der Waals surface area contributed by atoms with Gasteiger partial charge in [-0.25, -0.2) is 0 Å². The molecule has 1 rings (SSSR count). The summed E-state index contributed by atoms with van der Waals surface area (Å²) in [7, 11) is 0. The van der Waals surface area contributed by atoms with Gasteiger partial charge in [-0.05, 0) is 12.0 Å². The van der Waals surface area contributed by atoms with E-state index in [-0.39, 0.29) is 5.91 Å². The van der Waals surface area contributed by atoms with E-state index in [9.17, 15) is 4.79 Å². The Morgan fingerprint density at radius 1 is 1.46 bits per heavy atom. The lowest BCUT2D eigenvalue weighted by atomic mass is 10.1. The molecule has 1 unspecified atom stereocenters. The van der Waals surface area contributed by atoms with Crippen molar-refractivity contribution in [2.45, 2.75) is 11.8 Å². The first kappa shape index (κ1) is 10.5. The highest BCUT2D eigenvalue weighted by molar-refractivity contribution is 9.08. The summed E-state index contributed by atoms with van der Waals surface area (Å²) in [5.41, 5.74) is 1.05. The second-order valence-electron chi connectivity index (χ2n) is 2.62. The van der Waals surface area contributed by atoms with Crippen molar-refractivity contribution in [3.63, 3.8) is 0 Å². The molecule has 0 saturated heterocycles. The highest BCUT2D eigenvalue weighted by Crippen LogP contribution is 2.08. The predicted octanol–water partition coefficient (Wildman–Crippen LogP) is 2.26. The number of amides is 1. The minimum absolute atomic E-state index is 0.217. The van der Waals surface area contributed by atoms with Crippen LogP contribution in [0, 0.1) is 0 Å². The van der Waals surface area contributed by atoms with Gasteiger partial charge in [0.25, 0.3) is 0 Å². The van der Waals surface area contributed by atoms with Crippen molar-refractivity contribution in [1.82, 2.24) is 4.34 Å². The van der Waals surface area contributed by atoms with Crippen LogP contribution in [0.25, 0.3) is 0 Å². The monoisotopic (exact) mass is 261 g/mol. The summed E-state index contributed by atoms with van der Waals surface area (Å²) in [5.74, 6) is -0.217. The van der Waals surface area contributed by atoms with Crippen molar-refractivity contribution in [3.8, 4) is 0 Å². The van der Waals surface area contributed by atoms with Crippen LogP contribution in [0.5, 0.6) is 0 Å². The minimum atomic E-state index is -0.526. The molecule has 0 heterocycles. The number of hydrogen-bond donors (Lipinski definition) is 1. The average Bonchev–Trinajstić information content (AvgIpc) is 2.18. The van der Waals surface area contributed by atoms with Gasteiger partial charge in [-0.2, -0.15) is 0 Å². The van der Waals surface area contributed by atoms with Crippen molar-refractivity contribution in [2.24, 2.45) is 0 Å². The molecule has 70 valence electrons. The number of nitrogens with one attached hydrogen (secondary N) is 1. The highest BCUT2D eigenvalue weighted by Gasteiger charge is 2.13. The van der Waals surface area contributed by atoms with Crippen LogP contribution in [0.4, 0.5) is 0 Å². The lowest BCUT2D eigenvalue weighted by Crippen LogP contribution is -2.25. The van der Waals surface area contributed by atoms with Gasteiger partial charge in [0.1, 0.15) is 5.38 Å². The van der Waals surface area contributed by atoms with Crippen LogP contribution in [0.1, 0.15) is 5.56 Å². The molecule has 0 aliphatic rings. The van der Waals surface area contributed by atoms with E-state index >= 15 is 0 Å². The maximum Gasteiger partial charge on any atom is 0.248 e. The van der Waals surface area contributed by atoms with Crippen molar-refractivity contribution in [1.29, 1.82) is 0 Å². The van der Waals surface area contributed by atoms with Gasteiger partial charge < -0.3 is 0 Å².